The maximum absolute atomic E-state index is 13.5. The number of hydrogen-bond acceptors (Lipinski definition) is 5. The molecule has 1 aliphatic rings. The summed E-state index contributed by atoms with van der Waals surface area (Å²) in [5, 5.41) is 14.3. The molecular formula is C26H27FN2O3. The van der Waals surface area contributed by atoms with Crippen LogP contribution in [0.3, 0.4) is 0 Å². The molecule has 166 valence electrons. The van der Waals surface area contributed by atoms with Gasteiger partial charge in [-0.1, -0.05) is 24.3 Å². The molecule has 0 amide bonds. The Morgan fingerprint density at radius 2 is 1.69 bits per heavy atom. The fourth-order valence-corrected chi connectivity index (χ4v) is 3.90. The molecule has 0 fully saturated rings. The van der Waals surface area contributed by atoms with Crippen LogP contribution in [-0.2, 0) is 0 Å². The van der Waals surface area contributed by atoms with Gasteiger partial charge in [-0.05, 0) is 67.4 Å². The topological polar surface area (TPSA) is 63.1 Å². The molecule has 0 saturated heterocycles. The summed E-state index contributed by atoms with van der Waals surface area (Å²) in [4.78, 5) is 4.92. The highest BCUT2D eigenvalue weighted by Gasteiger charge is 2.28. The van der Waals surface area contributed by atoms with Crippen molar-refractivity contribution in [2.75, 3.05) is 13.2 Å². The van der Waals surface area contributed by atoms with Crippen LogP contribution in [0.1, 0.15) is 49.2 Å². The molecule has 0 bridgehead atoms. The van der Waals surface area contributed by atoms with Gasteiger partial charge in [-0.15, -0.1) is 0 Å². The molecule has 4 rings (SSSR count). The predicted octanol–water partition coefficient (Wildman–Crippen LogP) is 5.55. The van der Waals surface area contributed by atoms with Crippen molar-refractivity contribution in [2.24, 2.45) is 4.99 Å². The largest absolute Gasteiger partial charge is 0.504 e. The number of phenols is 1. The van der Waals surface area contributed by atoms with Crippen LogP contribution in [0, 0.1) is 5.82 Å². The number of phenolic OH excluding ortho intramolecular Hbond substituents is 1. The first-order chi connectivity index (χ1) is 15.6. The number of aromatic hydroxyl groups is 1. The third-order valence-electron chi connectivity index (χ3n) is 5.43. The van der Waals surface area contributed by atoms with Gasteiger partial charge in [-0.3, -0.25) is 10.3 Å². The maximum atomic E-state index is 13.5. The highest BCUT2D eigenvalue weighted by molar-refractivity contribution is 6.01. The molecule has 3 aromatic rings. The standard InChI is InChI=1S/C26H27FN2O3/c1-3-31-20-14-10-17(11-15-20)22-16-23(21-6-5-7-24(25(21)30)32-4-2)29-26(28-22)18-8-12-19(27)13-9-18/h5-15,23,26,29-30H,3-4,16H2,1-2H3/t23-,26-/m1/s1. The summed E-state index contributed by atoms with van der Waals surface area (Å²) < 4.78 is 24.6. The molecule has 32 heavy (non-hydrogen) atoms. The molecule has 1 aliphatic heterocycles. The minimum atomic E-state index is -0.383. The Kier molecular flexibility index (Phi) is 6.71. The normalized spacial score (nSPS) is 18.2. The van der Waals surface area contributed by atoms with Crippen LogP contribution < -0.4 is 14.8 Å². The highest BCUT2D eigenvalue weighted by atomic mass is 19.1. The van der Waals surface area contributed by atoms with E-state index < -0.39 is 0 Å². The van der Waals surface area contributed by atoms with Crippen molar-refractivity contribution in [2.45, 2.75) is 32.5 Å². The Morgan fingerprint density at radius 1 is 0.969 bits per heavy atom. The van der Waals surface area contributed by atoms with Crippen LogP contribution in [0.25, 0.3) is 0 Å². The van der Waals surface area contributed by atoms with Gasteiger partial charge in [0, 0.05) is 23.7 Å². The van der Waals surface area contributed by atoms with Crippen molar-refractivity contribution >= 4 is 5.71 Å². The first kappa shape index (κ1) is 21.8. The molecule has 2 N–H and O–H groups in total. The molecule has 3 aromatic carbocycles. The van der Waals surface area contributed by atoms with Gasteiger partial charge in [-0.2, -0.15) is 0 Å². The van der Waals surface area contributed by atoms with Gasteiger partial charge < -0.3 is 14.6 Å². The third-order valence-corrected chi connectivity index (χ3v) is 5.43. The highest BCUT2D eigenvalue weighted by Crippen LogP contribution is 2.39. The number of para-hydroxylation sites is 1. The van der Waals surface area contributed by atoms with E-state index in [9.17, 15) is 9.50 Å². The molecule has 0 aromatic heterocycles. The number of nitrogens with one attached hydrogen (secondary N) is 1. The van der Waals surface area contributed by atoms with Crippen molar-refractivity contribution in [3.05, 3.63) is 89.2 Å². The lowest BCUT2D eigenvalue weighted by Gasteiger charge is -2.31. The number of aliphatic imine (C=N–C) groups is 1. The summed E-state index contributed by atoms with van der Waals surface area (Å²) in [7, 11) is 0. The van der Waals surface area contributed by atoms with E-state index in [1.54, 1.807) is 18.2 Å². The summed E-state index contributed by atoms with van der Waals surface area (Å²) in [6.07, 6.45) is 0.195. The monoisotopic (exact) mass is 434 g/mol. The molecule has 2 atom stereocenters. The van der Waals surface area contributed by atoms with Crippen LogP contribution in [0.2, 0.25) is 0 Å². The predicted molar refractivity (Wildman–Crippen MR) is 123 cm³/mol. The fourth-order valence-electron chi connectivity index (χ4n) is 3.90. The molecule has 6 heteroatoms. The van der Waals surface area contributed by atoms with Crippen LogP contribution in [0.5, 0.6) is 17.2 Å². The molecule has 0 spiro atoms. The summed E-state index contributed by atoms with van der Waals surface area (Å²) in [6.45, 7) is 4.90. The SMILES string of the molecule is CCOc1ccc(C2=N[C@@H](c3ccc(F)cc3)N[C@@H](c3cccc(OCC)c3O)C2)cc1. The van der Waals surface area contributed by atoms with Gasteiger partial charge >= 0.3 is 0 Å². The van der Waals surface area contributed by atoms with Gasteiger partial charge in [0.25, 0.3) is 0 Å². The maximum Gasteiger partial charge on any atom is 0.162 e. The Bertz CT molecular complexity index is 1080. The molecule has 0 radical (unpaired) electrons. The zero-order chi connectivity index (χ0) is 22.5. The van der Waals surface area contributed by atoms with Crippen molar-refractivity contribution in [3.8, 4) is 17.2 Å². The Balaban J connectivity index is 1.71. The number of benzene rings is 3. The number of ether oxygens (including phenoxy) is 2. The minimum Gasteiger partial charge on any atom is -0.504 e. The Morgan fingerprint density at radius 3 is 2.38 bits per heavy atom. The van der Waals surface area contributed by atoms with E-state index >= 15 is 0 Å². The van der Waals surface area contributed by atoms with E-state index in [1.807, 2.05) is 50.2 Å². The van der Waals surface area contributed by atoms with Crippen molar-refractivity contribution in [1.29, 1.82) is 0 Å². The quantitative estimate of drug-likeness (QED) is 0.512. The molecule has 0 unspecified atom stereocenters. The van der Waals surface area contributed by atoms with Crippen molar-refractivity contribution in [3.63, 3.8) is 0 Å². The second-order valence-electron chi connectivity index (χ2n) is 7.54. The summed E-state index contributed by atoms with van der Waals surface area (Å²) in [5.74, 6) is 1.09. The zero-order valence-electron chi connectivity index (χ0n) is 18.2. The molecule has 0 saturated carbocycles. The Hall–Kier alpha value is -3.38. The van der Waals surface area contributed by atoms with E-state index in [0.29, 0.717) is 25.4 Å². The summed E-state index contributed by atoms with van der Waals surface area (Å²) in [5.41, 5.74) is 3.46. The molecule has 0 aliphatic carbocycles. The third kappa shape index (κ3) is 4.75. The van der Waals surface area contributed by atoms with E-state index in [2.05, 4.69) is 5.32 Å². The number of halogens is 1. The smallest absolute Gasteiger partial charge is 0.162 e. The van der Waals surface area contributed by atoms with Gasteiger partial charge in [0.15, 0.2) is 11.5 Å². The van der Waals surface area contributed by atoms with E-state index in [0.717, 1.165) is 28.2 Å². The van der Waals surface area contributed by atoms with Gasteiger partial charge in [0.2, 0.25) is 0 Å². The summed E-state index contributed by atoms with van der Waals surface area (Å²) in [6, 6.07) is 19.5. The average Bonchev–Trinajstić information content (AvgIpc) is 2.81. The number of nitrogens with zero attached hydrogens (tertiary/aromatic N) is 1. The molecular weight excluding hydrogens is 407 g/mol. The first-order valence-corrected chi connectivity index (χ1v) is 10.8. The molecule has 5 nitrogen and oxygen atoms in total. The van der Waals surface area contributed by atoms with E-state index in [-0.39, 0.29) is 23.8 Å². The van der Waals surface area contributed by atoms with Crippen molar-refractivity contribution in [1.82, 2.24) is 5.32 Å². The summed E-state index contributed by atoms with van der Waals surface area (Å²) >= 11 is 0. The number of rotatable bonds is 7. The lowest BCUT2D eigenvalue weighted by atomic mass is 9.93. The zero-order valence-corrected chi connectivity index (χ0v) is 18.2. The van der Waals surface area contributed by atoms with Crippen LogP contribution in [0.15, 0.2) is 71.7 Å². The number of hydrogen-bond donors (Lipinski definition) is 2. The van der Waals surface area contributed by atoms with Crippen LogP contribution >= 0.6 is 0 Å². The van der Waals surface area contributed by atoms with Gasteiger partial charge in [-0.25, -0.2) is 4.39 Å². The van der Waals surface area contributed by atoms with E-state index in [1.165, 1.54) is 12.1 Å². The van der Waals surface area contributed by atoms with Crippen molar-refractivity contribution < 1.29 is 19.0 Å². The average molecular weight is 435 g/mol. The van der Waals surface area contributed by atoms with E-state index in [4.69, 9.17) is 14.5 Å². The second kappa shape index (κ2) is 9.83. The minimum absolute atomic E-state index is 0.123. The van der Waals surface area contributed by atoms with Crippen LogP contribution in [0.4, 0.5) is 4.39 Å². The van der Waals surface area contributed by atoms with Gasteiger partial charge in [0.1, 0.15) is 17.7 Å². The fraction of sp³-hybridized carbons (Fsp3) is 0.269. The second-order valence-corrected chi connectivity index (χ2v) is 7.54. The van der Waals surface area contributed by atoms with Gasteiger partial charge in [0.05, 0.1) is 13.2 Å². The Labute approximate surface area is 187 Å². The van der Waals surface area contributed by atoms with Crippen LogP contribution in [-0.4, -0.2) is 24.0 Å². The lowest BCUT2D eigenvalue weighted by molar-refractivity contribution is 0.313. The lowest BCUT2D eigenvalue weighted by Crippen LogP contribution is -2.33. The molecule has 1 heterocycles. The first-order valence-electron chi connectivity index (χ1n) is 10.8.